The lowest BCUT2D eigenvalue weighted by Crippen LogP contribution is -2.36. The van der Waals surface area contributed by atoms with Crippen molar-refractivity contribution < 1.29 is 24.0 Å². The van der Waals surface area contributed by atoms with Gasteiger partial charge in [0.1, 0.15) is 5.69 Å². The monoisotopic (exact) mass is 398 g/mol. The molecule has 1 saturated heterocycles. The molecule has 0 atom stereocenters. The number of hydrogen-bond donors (Lipinski definition) is 0. The highest BCUT2D eigenvalue weighted by atomic mass is 16.6. The van der Waals surface area contributed by atoms with Crippen molar-refractivity contribution in [2.24, 2.45) is 0 Å². The first-order chi connectivity index (χ1) is 13.9. The molecule has 8 nitrogen and oxygen atoms in total. The van der Waals surface area contributed by atoms with Gasteiger partial charge in [0.05, 0.1) is 23.7 Å². The number of nitro groups is 1. The number of carbonyl (C=O) groups excluding carboxylic acids is 2. The Morgan fingerprint density at radius 1 is 1.14 bits per heavy atom. The third kappa shape index (κ3) is 4.78. The van der Waals surface area contributed by atoms with Gasteiger partial charge >= 0.3 is 5.97 Å². The van der Waals surface area contributed by atoms with Gasteiger partial charge in [-0.15, -0.1) is 0 Å². The Balaban J connectivity index is 1.72. The maximum absolute atomic E-state index is 12.4. The smallest absolute Gasteiger partial charge is 0.338 e. The minimum absolute atomic E-state index is 0.0298. The quantitative estimate of drug-likeness (QED) is 0.319. The molecule has 8 heteroatoms. The second kappa shape index (κ2) is 8.83. The summed E-state index contributed by atoms with van der Waals surface area (Å²) in [6.07, 6.45) is 0. The Labute approximate surface area is 168 Å². The Morgan fingerprint density at radius 3 is 2.52 bits per heavy atom. The Kier molecular flexibility index (Phi) is 6.23. The normalized spacial score (nSPS) is 13.8. The second-order valence-electron chi connectivity index (χ2n) is 6.88. The van der Waals surface area contributed by atoms with Crippen LogP contribution in [0.1, 0.15) is 31.8 Å². The van der Waals surface area contributed by atoms with Gasteiger partial charge < -0.3 is 14.4 Å². The third-order valence-corrected chi connectivity index (χ3v) is 4.78. The summed E-state index contributed by atoms with van der Waals surface area (Å²) in [5, 5.41) is 11.5. The van der Waals surface area contributed by atoms with E-state index in [1.807, 2.05) is 30.9 Å². The van der Waals surface area contributed by atoms with E-state index in [1.165, 1.54) is 18.2 Å². The number of ketones is 1. The molecular formula is C21H22N2O6. The lowest BCUT2D eigenvalue weighted by Gasteiger charge is -2.28. The number of carbonyl (C=O) groups is 2. The molecule has 152 valence electrons. The van der Waals surface area contributed by atoms with Gasteiger partial charge in [-0.05, 0) is 31.5 Å². The van der Waals surface area contributed by atoms with Crippen LogP contribution < -0.4 is 4.90 Å². The van der Waals surface area contributed by atoms with Crippen LogP contribution in [-0.4, -0.2) is 49.6 Å². The zero-order chi connectivity index (χ0) is 21.0. The lowest BCUT2D eigenvalue weighted by molar-refractivity contribution is -0.384. The van der Waals surface area contributed by atoms with Gasteiger partial charge in [-0.1, -0.05) is 23.8 Å². The van der Waals surface area contributed by atoms with Gasteiger partial charge in [-0.25, -0.2) is 4.79 Å². The summed E-state index contributed by atoms with van der Waals surface area (Å²) >= 11 is 0. The number of morpholine rings is 1. The molecule has 1 aliphatic heterocycles. The molecule has 3 rings (SSSR count). The van der Waals surface area contributed by atoms with E-state index in [-0.39, 0.29) is 17.0 Å². The minimum atomic E-state index is -0.778. The summed E-state index contributed by atoms with van der Waals surface area (Å²) in [7, 11) is 0. The highest BCUT2D eigenvalue weighted by molar-refractivity contribution is 6.00. The molecule has 29 heavy (non-hydrogen) atoms. The molecular weight excluding hydrogens is 376 g/mol. The maximum atomic E-state index is 12.4. The van der Waals surface area contributed by atoms with Crippen LogP contribution in [0, 0.1) is 24.0 Å². The number of Topliss-reactive ketones (excluding diaryl/α,β-unsaturated/α-hetero) is 1. The van der Waals surface area contributed by atoms with E-state index in [0.717, 1.165) is 11.1 Å². The van der Waals surface area contributed by atoms with E-state index in [1.54, 1.807) is 6.07 Å². The molecule has 1 heterocycles. The third-order valence-electron chi connectivity index (χ3n) is 4.78. The molecule has 0 spiro atoms. The van der Waals surface area contributed by atoms with Crippen LogP contribution in [0.2, 0.25) is 0 Å². The number of benzene rings is 2. The Hall–Kier alpha value is -3.26. The molecule has 2 aromatic rings. The molecule has 1 aliphatic rings. The standard InChI is InChI=1S/C21H22N2O6/c1-14-3-5-17(15(2)11-14)20(24)13-29-21(25)16-4-6-18(19(12-16)23(26)27)22-7-9-28-10-8-22/h3-6,11-12H,7-10,13H2,1-2H3. The Morgan fingerprint density at radius 2 is 1.86 bits per heavy atom. The first-order valence-electron chi connectivity index (χ1n) is 9.25. The fraction of sp³-hybridized carbons (Fsp3) is 0.333. The Bertz CT molecular complexity index is 950. The van der Waals surface area contributed by atoms with Crippen molar-refractivity contribution in [2.45, 2.75) is 13.8 Å². The van der Waals surface area contributed by atoms with Gasteiger partial charge in [0.15, 0.2) is 6.61 Å². The van der Waals surface area contributed by atoms with Crippen molar-refractivity contribution in [3.05, 3.63) is 68.8 Å². The number of esters is 1. The van der Waals surface area contributed by atoms with Gasteiger partial charge in [0.25, 0.3) is 5.69 Å². The van der Waals surface area contributed by atoms with Crippen LogP contribution in [0.3, 0.4) is 0 Å². The van der Waals surface area contributed by atoms with Crippen molar-refractivity contribution in [1.82, 2.24) is 0 Å². The summed E-state index contributed by atoms with van der Waals surface area (Å²) < 4.78 is 10.4. The van der Waals surface area contributed by atoms with Crippen molar-refractivity contribution in [3.8, 4) is 0 Å². The van der Waals surface area contributed by atoms with E-state index in [4.69, 9.17) is 9.47 Å². The molecule has 0 amide bonds. The van der Waals surface area contributed by atoms with Crippen molar-refractivity contribution in [2.75, 3.05) is 37.8 Å². The number of nitro benzene ring substituents is 1. The number of aryl methyl sites for hydroxylation is 2. The predicted octanol–water partition coefficient (Wildman–Crippen LogP) is 3.09. The first-order valence-corrected chi connectivity index (χ1v) is 9.25. The molecule has 2 aromatic carbocycles. The lowest BCUT2D eigenvalue weighted by atomic mass is 10.0. The van der Waals surface area contributed by atoms with Crippen LogP contribution >= 0.6 is 0 Å². The molecule has 0 saturated carbocycles. The summed E-state index contributed by atoms with van der Waals surface area (Å²) in [5.74, 6) is -1.10. The van der Waals surface area contributed by atoms with Crippen LogP contribution in [0.25, 0.3) is 0 Å². The summed E-state index contributed by atoms with van der Waals surface area (Å²) in [6, 6.07) is 9.59. The van der Waals surface area contributed by atoms with Crippen LogP contribution in [-0.2, 0) is 9.47 Å². The highest BCUT2D eigenvalue weighted by Gasteiger charge is 2.24. The number of ether oxygens (including phenoxy) is 2. The van der Waals surface area contributed by atoms with Gasteiger partial charge in [-0.2, -0.15) is 0 Å². The summed E-state index contributed by atoms with van der Waals surface area (Å²) in [6.45, 7) is 5.36. The van der Waals surface area contributed by atoms with E-state index >= 15 is 0 Å². The SMILES string of the molecule is Cc1ccc(C(=O)COC(=O)c2ccc(N3CCOCC3)c([N+](=O)[O-])c2)c(C)c1. The van der Waals surface area contributed by atoms with Gasteiger partial charge in [0, 0.05) is 24.7 Å². The van der Waals surface area contributed by atoms with E-state index in [9.17, 15) is 19.7 Å². The first kappa shape index (κ1) is 20.5. The molecule has 0 N–H and O–H groups in total. The van der Waals surface area contributed by atoms with Crippen LogP contribution in [0.15, 0.2) is 36.4 Å². The fourth-order valence-electron chi connectivity index (χ4n) is 3.29. The topological polar surface area (TPSA) is 99.0 Å². The molecule has 0 unspecified atom stereocenters. The number of rotatable bonds is 6. The largest absolute Gasteiger partial charge is 0.454 e. The van der Waals surface area contributed by atoms with Crippen molar-refractivity contribution in [3.63, 3.8) is 0 Å². The van der Waals surface area contributed by atoms with Crippen LogP contribution in [0.5, 0.6) is 0 Å². The van der Waals surface area contributed by atoms with Crippen molar-refractivity contribution in [1.29, 1.82) is 0 Å². The maximum Gasteiger partial charge on any atom is 0.338 e. The molecule has 0 aliphatic carbocycles. The number of nitrogens with zero attached hydrogens (tertiary/aromatic N) is 2. The number of anilines is 1. The minimum Gasteiger partial charge on any atom is -0.454 e. The molecule has 0 aromatic heterocycles. The molecule has 0 bridgehead atoms. The number of hydrogen-bond acceptors (Lipinski definition) is 7. The molecule has 1 fully saturated rings. The highest BCUT2D eigenvalue weighted by Crippen LogP contribution is 2.30. The summed E-state index contributed by atoms with van der Waals surface area (Å²) in [5.41, 5.74) is 2.60. The second-order valence-corrected chi connectivity index (χ2v) is 6.88. The average molecular weight is 398 g/mol. The summed E-state index contributed by atoms with van der Waals surface area (Å²) in [4.78, 5) is 37.5. The van der Waals surface area contributed by atoms with Crippen molar-refractivity contribution >= 4 is 23.1 Å². The predicted molar refractivity (Wildman–Crippen MR) is 107 cm³/mol. The van der Waals surface area contributed by atoms with E-state index in [0.29, 0.717) is 37.6 Å². The zero-order valence-electron chi connectivity index (χ0n) is 16.3. The average Bonchev–Trinajstić information content (AvgIpc) is 2.72. The van der Waals surface area contributed by atoms with Gasteiger partial charge in [-0.3, -0.25) is 14.9 Å². The van der Waals surface area contributed by atoms with Crippen LogP contribution in [0.4, 0.5) is 11.4 Å². The fourth-order valence-corrected chi connectivity index (χ4v) is 3.29. The van der Waals surface area contributed by atoms with E-state index in [2.05, 4.69) is 0 Å². The molecule has 0 radical (unpaired) electrons. The zero-order valence-corrected chi connectivity index (χ0v) is 16.3. The van der Waals surface area contributed by atoms with E-state index < -0.39 is 17.5 Å². The van der Waals surface area contributed by atoms with Gasteiger partial charge in [0.2, 0.25) is 5.78 Å².